The standard InChI is InChI=1S/C16H21N5O3/c1-17-12-5-3-11(4-6-12)7-18-13(22)8-21-9-19-15-14(21)16(23)24-10-20(15)2/h3-6,9,16-17,23H,7-8,10H2,1-2H3,(H,18,22). The fourth-order valence-corrected chi connectivity index (χ4v) is 2.58. The number of ether oxygens (including phenoxy) is 1. The first-order valence-electron chi connectivity index (χ1n) is 7.67. The number of nitrogens with one attached hydrogen (secondary N) is 2. The van der Waals surface area contributed by atoms with Gasteiger partial charge in [0.05, 0.1) is 6.33 Å². The van der Waals surface area contributed by atoms with Crippen molar-refractivity contribution in [3.8, 4) is 0 Å². The predicted molar refractivity (Wildman–Crippen MR) is 89.4 cm³/mol. The molecule has 2 aromatic rings. The summed E-state index contributed by atoms with van der Waals surface area (Å²) >= 11 is 0. The van der Waals surface area contributed by atoms with Crippen LogP contribution in [0.5, 0.6) is 0 Å². The van der Waals surface area contributed by atoms with Crippen molar-refractivity contribution in [2.75, 3.05) is 31.0 Å². The molecule has 24 heavy (non-hydrogen) atoms. The van der Waals surface area contributed by atoms with E-state index >= 15 is 0 Å². The topological polar surface area (TPSA) is 91.6 Å². The smallest absolute Gasteiger partial charge is 0.240 e. The Morgan fingerprint density at radius 2 is 2.17 bits per heavy atom. The van der Waals surface area contributed by atoms with E-state index in [1.807, 2.05) is 38.4 Å². The average Bonchev–Trinajstić information content (AvgIpc) is 3.02. The van der Waals surface area contributed by atoms with Crippen molar-refractivity contribution < 1.29 is 14.6 Å². The van der Waals surface area contributed by atoms with Crippen LogP contribution in [0.4, 0.5) is 11.5 Å². The first-order chi connectivity index (χ1) is 11.6. The van der Waals surface area contributed by atoms with Crippen LogP contribution in [0.1, 0.15) is 17.5 Å². The van der Waals surface area contributed by atoms with E-state index in [0.29, 0.717) is 18.1 Å². The molecule has 0 saturated carbocycles. The van der Waals surface area contributed by atoms with Gasteiger partial charge in [0.25, 0.3) is 0 Å². The zero-order valence-electron chi connectivity index (χ0n) is 13.7. The quantitative estimate of drug-likeness (QED) is 0.745. The Bertz CT molecular complexity index is 713. The number of benzene rings is 1. The van der Waals surface area contributed by atoms with Gasteiger partial charge >= 0.3 is 0 Å². The Hall–Kier alpha value is -2.58. The first kappa shape index (κ1) is 16.3. The zero-order valence-corrected chi connectivity index (χ0v) is 13.7. The molecule has 3 rings (SSSR count). The van der Waals surface area contributed by atoms with Crippen LogP contribution in [0.3, 0.4) is 0 Å². The maximum Gasteiger partial charge on any atom is 0.240 e. The van der Waals surface area contributed by atoms with E-state index in [-0.39, 0.29) is 19.2 Å². The summed E-state index contributed by atoms with van der Waals surface area (Å²) in [4.78, 5) is 18.2. The number of nitrogens with zero attached hydrogens (tertiary/aromatic N) is 3. The number of hydrogen-bond donors (Lipinski definition) is 3. The highest BCUT2D eigenvalue weighted by Gasteiger charge is 2.28. The number of hydrogen-bond acceptors (Lipinski definition) is 6. The third kappa shape index (κ3) is 3.34. The number of carbonyl (C=O) groups excluding carboxylic acids is 1. The molecular weight excluding hydrogens is 310 g/mol. The molecule has 1 amide bonds. The van der Waals surface area contributed by atoms with Gasteiger partial charge in [-0.15, -0.1) is 0 Å². The van der Waals surface area contributed by atoms with Crippen LogP contribution < -0.4 is 15.5 Å². The monoisotopic (exact) mass is 331 g/mol. The summed E-state index contributed by atoms with van der Waals surface area (Å²) in [6.07, 6.45) is 0.473. The first-order valence-corrected chi connectivity index (χ1v) is 7.67. The summed E-state index contributed by atoms with van der Waals surface area (Å²) in [5.41, 5.74) is 2.53. The largest absolute Gasteiger partial charge is 0.388 e. The number of anilines is 2. The number of aliphatic hydroxyl groups is 1. The van der Waals surface area contributed by atoms with Crippen LogP contribution in [-0.2, 0) is 22.6 Å². The highest BCUT2D eigenvalue weighted by Crippen LogP contribution is 2.29. The van der Waals surface area contributed by atoms with Gasteiger partial charge in [-0.2, -0.15) is 0 Å². The van der Waals surface area contributed by atoms with Gasteiger partial charge in [-0.1, -0.05) is 12.1 Å². The van der Waals surface area contributed by atoms with E-state index in [2.05, 4.69) is 15.6 Å². The molecule has 0 aliphatic carbocycles. The molecule has 0 fully saturated rings. The SMILES string of the molecule is CNc1ccc(CNC(=O)Cn2cnc3c2C(O)OCN3C)cc1. The summed E-state index contributed by atoms with van der Waals surface area (Å²) in [6.45, 7) is 0.782. The summed E-state index contributed by atoms with van der Waals surface area (Å²) in [6, 6.07) is 7.82. The van der Waals surface area contributed by atoms with Gasteiger partial charge in [-0.3, -0.25) is 4.79 Å². The molecule has 128 valence electrons. The third-order valence-electron chi connectivity index (χ3n) is 3.93. The number of imidazole rings is 1. The minimum atomic E-state index is -1.07. The summed E-state index contributed by atoms with van der Waals surface area (Å²) in [5, 5.41) is 15.9. The van der Waals surface area contributed by atoms with E-state index in [9.17, 15) is 9.90 Å². The van der Waals surface area contributed by atoms with Crippen LogP contribution in [0, 0.1) is 0 Å². The van der Waals surface area contributed by atoms with Gasteiger partial charge in [-0.05, 0) is 17.7 Å². The Morgan fingerprint density at radius 3 is 2.88 bits per heavy atom. The van der Waals surface area contributed by atoms with E-state index in [1.165, 1.54) is 0 Å². The number of aromatic nitrogens is 2. The van der Waals surface area contributed by atoms with Crippen molar-refractivity contribution in [1.29, 1.82) is 0 Å². The molecule has 0 saturated heterocycles. The second-order valence-corrected chi connectivity index (χ2v) is 5.65. The van der Waals surface area contributed by atoms with Crippen molar-refractivity contribution in [2.24, 2.45) is 0 Å². The molecule has 1 aliphatic heterocycles. The fraction of sp³-hybridized carbons (Fsp3) is 0.375. The molecule has 1 aromatic heterocycles. The molecule has 1 atom stereocenters. The van der Waals surface area contributed by atoms with Crippen molar-refractivity contribution in [2.45, 2.75) is 19.4 Å². The van der Waals surface area contributed by atoms with E-state index < -0.39 is 6.29 Å². The van der Waals surface area contributed by atoms with Crippen LogP contribution in [-0.4, -0.2) is 41.4 Å². The molecule has 1 unspecified atom stereocenters. The van der Waals surface area contributed by atoms with Crippen molar-refractivity contribution in [3.63, 3.8) is 0 Å². The second-order valence-electron chi connectivity index (χ2n) is 5.65. The maximum atomic E-state index is 12.2. The normalized spacial score (nSPS) is 16.6. The minimum Gasteiger partial charge on any atom is -0.388 e. The predicted octanol–water partition coefficient (Wildman–Crippen LogP) is 0.656. The highest BCUT2D eigenvalue weighted by molar-refractivity contribution is 5.76. The number of amides is 1. The number of aliphatic hydroxyl groups excluding tert-OH is 1. The van der Waals surface area contributed by atoms with Gasteiger partial charge in [0.1, 0.15) is 19.0 Å². The van der Waals surface area contributed by atoms with E-state index in [4.69, 9.17) is 4.74 Å². The van der Waals surface area contributed by atoms with E-state index in [1.54, 1.807) is 15.8 Å². The van der Waals surface area contributed by atoms with Crippen LogP contribution in [0.15, 0.2) is 30.6 Å². The van der Waals surface area contributed by atoms with Crippen LogP contribution >= 0.6 is 0 Å². The zero-order chi connectivity index (χ0) is 17.1. The lowest BCUT2D eigenvalue weighted by Gasteiger charge is -2.27. The molecule has 0 bridgehead atoms. The molecule has 8 heteroatoms. The van der Waals surface area contributed by atoms with Gasteiger partial charge in [0.15, 0.2) is 5.82 Å². The van der Waals surface area contributed by atoms with Crippen LogP contribution in [0.2, 0.25) is 0 Å². The fourth-order valence-electron chi connectivity index (χ4n) is 2.58. The van der Waals surface area contributed by atoms with Gasteiger partial charge in [0, 0.05) is 26.3 Å². The Labute approximate surface area is 140 Å². The molecule has 1 aliphatic rings. The lowest BCUT2D eigenvalue weighted by Crippen LogP contribution is -2.32. The summed E-state index contributed by atoms with van der Waals surface area (Å²) in [5.74, 6) is 0.470. The van der Waals surface area contributed by atoms with Crippen molar-refractivity contribution >= 4 is 17.4 Å². The van der Waals surface area contributed by atoms with E-state index in [0.717, 1.165) is 11.3 Å². The number of carbonyl (C=O) groups is 1. The molecule has 2 heterocycles. The minimum absolute atomic E-state index is 0.0746. The van der Waals surface area contributed by atoms with Crippen molar-refractivity contribution in [3.05, 3.63) is 41.9 Å². The molecule has 8 nitrogen and oxygen atoms in total. The summed E-state index contributed by atoms with van der Waals surface area (Å²) < 4.78 is 6.84. The van der Waals surface area contributed by atoms with Crippen molar-refractivity contribution in [1.82, 2.24) is 14.9 Å². The second kappa shape index (κ2) is 6.90. The molecule has 3 N–H and O–H groups in total. The van der Waals surface area contributed by atoms with Crippen LogP contribution in [0.25, 0.3) is 0 Å². The molecule has 1 aromatic carbocycles. The van der Waals surface area contributed by atoms with Gasteiger partial charge in [-0.25, -0.2) is 4.98 Å². The Morgan fingerprint density at radius 1 is 1.42 bits per heavy atom. The third-order valence-corrected chi connectivity index (χ3v) is 3.93. The molecular formula is C16H21N5O3. The summed E-state index contributed by atoms with van der Waals surface area (Å²) in [7, 11) is 3.68. The lowest BCUT2D eigenvalue weighted by molar-refractivity contribution is -0.123. The van der Waals surface area contributed by atoms with Gasteiger partial charge in [0.2, 0.25) is 12.2 Å². The number of rotatable bonds is 5. The number of fused-ring (bicyclic) bond motifs is 1. The molecule has 0 spiro atoms. The Kier molecular flexibility index (Phi) is 4.68. The Balaban J connectivity index is 1.61. The molecule has 0 radical (unpaired) electrons. The van der Waals surface area contributed by atoms with Gasteiger partial charge < -0.3 is 29.9 Å². The average molecular weight is 331 g/mol. The highest BCUT2D eigenvalue weighted by atomic mass is 16.6. The maximum absolute atomic E-state index is 12.2. The lowest BCUT2D eigenvalue weighted by atomic mass is 10.2.